The zero-order chi connectivity index (χ0) is 13.1. The van der Waals surface area contributed by atoms with Crippen LogP contribution in [-0.2, 0) is 0 Å². The second kappa shape index (κ2) is 5.30. The zero-order valence-electron chi connectivity index (χ0n) is 9.02. The number of nitrogens with zero attached hydrogens (tertiary/aromatic N) is 1. The van der Waals surface area contributed by atoms with Crippen molar-refractivity contribution in [2.45, 2.75) is 0 Å². The number of hydrogen-bond acceptors (Lipinski definition) is 3. The van der Waals surface area contributed by atoms with Crippen molar-refractivity contribution < 1.29 is 14.3 Å². The second-order valence-corrected chi connectivity index (χ2v) is 4.61. The number of carbonyl (C=O) groups is 1. The largest absolute Gasteiger partial charge is 0.505 e. The second-order valence-electron chi connectivity index (χ2n) is 3.45. The summed E-state index contributed by atoms with van der Waals surface area (Å²) in [6.07, 6.45) is 1.41. The summed E-state index contributed by atoms with van der Waals surface area (Å²) in [7, 11) is 0. The highest BCUT2D eigenvalue weighted by molar-refractivity contribution is 14.1. The van der Waals surface area contributed by atoms with Gasteiger partial charge < -0.3 is 10.4 Å². The number of halogens is 2. The van der Waals surface area contributed by atoms with E-state index in [2.05, 4.69) is 10.3 Å². The highest BCUT2D eigenvalue weighted by atomic mass is 127. The molecule has 1 amide bonds. The molecule has 0 unspecified atom stereocenters. The van der Waals surface area contributed by atoms with Gasteiger partial charge in [-0.2, -0.15) is 0 Å². The first kappa shape index (κ1) is 12.7. The standard InChI is InChI=1S/C12H8FIN2O2/c13-7-3-4-9(8(14)6-7)16-12(18)11-10(17)2-1-5-15-11/h1-6,17H,(H,16,18). The van der Waals surface area contributed by atoms with Crippen LogP contribution in [0.2, 0.25) is 0 Å². The molecular weight excluding hydrogens is 350 g/mol. The van der Waals surface area contributed by atoms with Gasteiger partial charge >= 0.3 is 0 Å². The number of hydrogen-bond donors (Lipinski definition) is 2. The van der Waals surface area contributed by atoms with E-state index in [1.54, 1.807) is 0 Å². The molecule has 0 aliphatic rings. The van der Waals surface area contributed by atoms with E-state index in [-0.39, 0.29) is 17.3 Å². The molecule has 0 radical (unpaired) electrons. The van der Waals surface area contributed by atoms with Crippen molar-refractivity contribution >= 4 is 34.2 Å². The molecule has 2 aromatic rings. The maximum Gasteiger partial charge on any atom is 0.278 e. The van der Waals surface area contributed by atoms with Gasteiger partial charge in [0.2, 0.25) is 0 Å². The number of rotatable bonds is 2. The first-order valence-electron chi connectivity index (χ1n) is 4.98. The summed E-state index contributed by atoms with van der Waals surface area (Å²) in [5.41, 5.74) is 0.393. The lowest BCUT2D eigenvalue weighted by atomic mass is 10.2. The Hall–Kier alpha value is -1.70. The quantitative estimate of drug-likeness (QED) is 0.812. The smallest absolute Gasteiger partial charge is 0.278 e. The van der Waals surface area contributed by atoms with Gasteiger partial charge in [-0.25, -0.2) is 9.37 Å². The Kier molecular flexibility index (Phi) is 3.75. The molecule has 0 aliphatic heterocycles. The molecule has 92 valence electrons. The Bertz CT molecular complexity index is 604. The summed E-state index contributed by atoms with van der Waals surface area (Å²) in [6, 6.07) is 6.89. The third-order valence-electron chi connectivity index (χ3n) is 2.18. The molecule has 0 fully saturated rings. The molecule has 1 heterocycles. The highest BCUT2D eigenvalue weighted by Crippen LogP contribution is 2.21. The lowest BCUT2D eigenvalue weighted by Gasteiger charge is -2.07. The van der Waals surface area contributed by atoms with Gasteiger partial charge in [0.05, 0.1) is 5.69 Å². The van der Waals surface area contributed by atoms with E-state index in [4.69, 9.17) is 0 Å². The lowest BCUT2D eigenvalue weighted by Crippen LogP contribution is -2.14. The summed E-state index contributed by atoms with van der Waals surface area (Å²) in [5.74, 6) is -1.12. The summed E-state index contributed by atoms with van der Waals surface area (Å²) >= 11 is 1.91. The van der Waals surface area contributed by atoms with E-state index < -0.39 is 5.91 Å². The topological polar surface area (TPSA) is 62.2 Å². The van der Waals surface area contributed by atoms with E-state index in [1.165, 1.54) is 36.5 Å². The van der Waals surface area contributed by atoms with Crippen LogP contribution in [-0.4, -0.2) is 16.0 Å². The fourth-order valence-corrected chi connectivity index (χ4v) is 1.96. The number of nitrogens with one attached hydrogen (secondary N) is 1. The predicted molar refractivity (Wildman–Crippen MR) is 73.0 cm³/mol. The van der Waals surface area contributed by atoms with Crippen molar-refractivity contribution in [1.82, 2.24) is 4.98 Å². The number of benzene rings is 1. The Morgan fingerprint density at radius 1 is 1.39 bits per heavy atom. The SMILES string of the molecule is O=C(Nc1ccc(F)cc1I)c1ncccc1O. The summed E-state index contributed by atoms with van der Waals surface area (Å²) in [4.78, 5) is 15.6. The summed E-state index contributed by atoms with van der Waals surface area (Å²) < 4.78 is 13.5. The maximum atomic E-state index is 12.9. The van der Waals surface area contributed by atoms with Crippen LogP contribution in [0.4, 0.5) is 10.1 Å². The fourth-order valence-electron chi connectivity index (χ4n) is 1.34. The molecule has 1 aromatic carbocycles. The van der Waals surface area contributed by atoms with E-state index >= 15 is 0 Å². The van der Waals surface area contributed by atoms with Crippen LogP contribution in [0.1, 0.15) is 10.5 Å². The van der Waals surface area contributed by atoms with Crippen LogP contribution in [0.25, 0.3) is 0 Å². The van der Waals surface area contributed by atoms with Crippen molar-refractivity contribution in [3.05, 3.63) is 51.6 Å². The minimum Gasteiger partial charge on any atom is -0.505 e. The van der Waals surface area contributed by atoms with E-state index in [0.29, 0.717) is 9.26 Å². The average Bonchev–Trinajstić information content (AvgIpc) is 2.33. The van der Waals surface area contributed by atoms with Crippen LogP contribution in [0.3, 0.4) is 0 Å². The van der Waals surface area contributed by atoms with Crippen LogP contribution in [0.15, 0.2) is 36.5 Å². The van der Waals surface area contributed by atoms with Crippen molar-refractivity contribution in [2.75, 3.05) is 5.32 Å². The Morgan fingerprint density at radius 3 is 2.83 bits per heavy atom. The Labute approximate surface area is 116 Å². The molecule has 0 saturated heterocycles. The molecule has 2 N–H and O–H groups in total. The predicted octanol–water partition coefficient (Wildman–Crippen LogP) is 2.78. The van der Waals surface area contributed by atoms with Gasteiger partial charge in [0.25, 0.3) is 5.91 Å². The summed E-state index contributed by atoms with van der Waals surface area (Å²) in [6.45, 7) is 0. The van der Waals surface area contributed by atoms with Crippen LogP contribution < -0.4 is 5.32 Å². The van der Waals surface area contributed by atoms with Crippen molar-refractivity contribution in [3.63, 3.8) is 0 Å². The molecule has 1 aromatic heterocycles. The normalized spacial score (nSPS) is 10.1. The van der Waals surface area contributed by atoms with Crippen LogP contribution >= 0.6 is 22.6 Å². The van der Waals surface area contributed by atoms with E-state index in [9.17, 15) is 14.3 Å². The molecule has 0 saturated carbocycles. The number of pyridine rings is 1. The van der Waals surface area contributed by atoms with Crippen molar-refractivity contribution in [3.8, 4) is 5.75 Å². The van der Waals surface area contributed by atoms with Gasteiger partial charge in [-0.3, -0.25) is 4.79 Å². The molecule has 0 aliphatic carbocycles. The number of aromatic nitrogens is 1. The molecular formula is C12H8FIN2O2. The molecule has 18 heavy (non-hydrogen) atoms. The average molecular weight is 358 g/mol. The van der Waals surface area contributed by atoms with Crippen LogP contribution in [0, 0.1) is 9.39 Å². The first-order valence-corrected chi connectivity index (χ1v) is 6.06. The van der Waals surface area contributed by atoms with Crippen molar-refractivity contribution in [2.24, 2.45) is 0 Å². The summed E-state index contributed by atoms with van der Waals surface area (Å²) in [5, 5.41) is 12.0. The number of amides is 1. The maximum absolute atomic E-state index is 12.9. The number of anilines is 1. The third kappa shape index (κ3) is 2.76. The minimum absolute atomic E-state index is 0.0716. The van der Waals surface area contributed by atoms with E-state index in [0.717, 1.165) is 0 Å². The first-order chi connectivity index (χ1) is 8.58. The van der Waals surface area contributed by atoms with Gasteiger partial charge in [-0.05, 0) is 52.9 Å². The molecule has 2 rings (SSSR count). The van der Waals surface area contributed by atoms with Crippen LogP contribution in [0.5, 0.6) is 5.75 Å². The Balaban J connectivity index is 2.24. The van der Waals surface area contributed by atoms with Crippen molar-refractivity contribution in [1.29, 1.82) is 0 Å². The molecule has 0 spiro atoms. The molecule has 6 heteroatoms. The van der Waals surface area contributed by atoms with Gasteiger partial charge in [0, 0.05) is 9.77 Å². The lowest BCUT2D eigenvalue weighted by molar-refractivity contribution is 0.101. The monoisotopic (exact) mass is 358 g/mol. The fraction of sp³-hybridized carbons (Fsp3) is 0. The van der Waals surface area contributed by atoms with Gasteiger partial charge in [-0.15, -0.1) is 0 Å². The van der Waals surface area contributed by atoms with Gasteiger partial charge in [-0.1, -0.05) is 0 Å². The van der Waals surface area contributed by atoms with Gasteiger partial charge in [0.1, 0.15) is 11.6 Å². The Morgan fingerprint density at radius 2 is 2.17 bits per heavy atom. The molecule has 4 nitrogen and oxygen atoms in total. The zero-order valence-corrected chi connectivity index (χ0v) is 11.2. The van der Waals surface area contributed by atoms with E-state index in [1.807, 2.05) is 22.6 Å². The molecule has 0 atom stereocenters. The third-order valence-corrected chi connectivity index (χ3v) is 3.07. The van der Waals surface area contributed by atoms with Gasteiger partial charge in [0.15, 0.2) is 5.69 Å². The number of carbonyl (C=O) groups excluding carboxylic acids is 1. The highest BCUT2D eigenvalue weighted by Gasteiger charge is 2.13. The minimum atomic E-state index is -0.544. The number of aromatic hydroxyl groups is 1. The molecule has 0 bridgehead atoms.